The summed E-state index contributed by atoms with van der Waals surface area (Å²) in [4.78, 5) is 15.0. The van der Waals surface area contributed by atoms with Crippen molar-refractivity contribution >= 4 is 16.8 Å². The lowest BCUT2D eigenvalue weighted by atomic mass is 9.83. The molecule has 1 atom stereocenters. The molecule has 2 fully saturated rings. The normalized spacial score (nSPS) is 22.1. The minimum atomic E-state index is -0.168. The maximum atomic E-state index is 13.1. The molecule has 7 heteroatoms. The number of aromatic nitrogens is 2. The lowest BCUT2D eigenvalue weighted by Gasteiger charge is -2.46. The zero-order valence-corrected chi connectivity index (χ0v) is 16.7. The SMILES string of the molecule is COCCOC1CCOC2(CCN(C(=O)c3nn(C)c4ccccc34)CC2)C1. The van der Waals surface area contributed by atoms with Crippen LogP contribution in [0.2, 0.25) is 0 Å². The Morgan fingerprint density at radius 1 is 1.29 bits per heavy atom. The van der Waals surface area contributed by atoms with Gasteiger partial charge in [-0.2, -0.15) is 5.10 Å². The van der Waals surface area contributed by atoms with Gasteiger partial charge >= 0.3 is 0 Å². The number of likely N-dealkylation sites (tertiary alicyclic amines) is 1. The lowest BCUT2D eigenvalue weighted by molar-refractivity contribution is -0.154. The van der Waals surface area contributed by atoms with Crippen LogP contribution in [-0.4, -0.2) is 72.3 Å². The molecule has 3 heterocycles. The molecule has 1 amide bonds. The van der Waals surface area contributed by atoms with Crippen LogP contribution in [0, 0.1) is 0 Å². The fourth-order valence-corrected chi connectivity index (χ4v) is 4.41. The molecule has 1 aromatic heterocycles. The standard InChI is InChI=1S/C21H29N3O4/c1-23-18-6-4-3-5-17(18)19(22-23)20(25)24-10-8-21(9-11-24)15-16(7-12-28-21)27-14-13-26-2/h3-6,16H,7-15H2,1-2H3. The molecule has 2 aliphatic rings. The van der Waals surface area contributed by atoms with Gasteiger partial charge in [0.15, 0.2) is 5.69 Å². The molecule has 4 rings (SSSR count). The largest absolute Gasteiger partial charge is 0.382 e. The molecule has 7 nitrogen and oxygen atoms in total. The molecule has 28 heavy (non-hydrogen) atoms. The van der Waals surface area contributed by atoms with Gasteiger partial charge in [0.05, 0.1) is 30.4 Å². The zero-order chi connectivity index (χ0) is 19.6. The van der Waals surface area contributed by atoms with Crippen LogP contribution in [0.15, 0.2) is 24.3 Å². The number of ether oxygens (including phenoxy) is 3. The number of carbonyl (C=O) groups is 1. The van der Waals surface area contributed by atoms with E-state index in [-0.39, 0.29) is 17.6 Å². The molecule has 0 aliphatic carbocycles. The predicted molar refractivity (Wildman–Crippen MR) is 105 cm³/mol. The van der Waals surface area contributed by atoms with Crippen molar-refractivity contribution in [2.45, 2.75) is 37.4 Å². The number of hydrogen-bond acceptors (Lipinski definition) is 5. The number of amides is 1. The Kier molecular flexibility index (Phi) is 5.66. The van der Waals surface area contributed by atoms with Gasteiger partial charge < -0.3 is 19.1 Å². The Bertz CT molecular complexity index is 826. The summed E-state index contributed by atoms with van der Waals surface area (Å²) in [5, 5.41) is 5.40. The van der Waals surface area contributed by atoms with Crippen LogP contribution in [0.25, 0.3) is 10.9 Å². The maximum Gasteiger partial charge on any atom is 0.275 e. The third-order valence-electron chi connectivity index (χ3n) is 6.01. The number of rotatable bonds is 5. The van der Waals surface area contributed by atoms with Crippen molar-refractivity contribution in [3.8, 4) is 0 Å². The van der Waals surface area contributed by atoms with Crippen molar-refractivity contribution in [1.29, 1.82) is 0 Å². The van der Waals surface area contributed by atoms with E-state index in [9.17, 15) is 4.79 Å². The van der Waals surface area contributed by atoms with E-state index in [2.05, 4.69) is 5.10 Å². The number of aryl methyl sites for hydroxylation is 1. The second-order valence-electron chi connectivity index (χ2n) is 7.79. The average molecular weight is 387 g/mol. The van der Waals surface area contributed by atoms with Crippen LogP contribution in [0.4, 0.5) is 0 Å². The minimum absolute atomic E-state index is 0.00959. The topological polar surface area (TPSA) is 65.8 Å². The van der Waals surface area contributed by atoms with E-state index in [4.69, 9.17) is 14.2 Å². The number of benzene rings is 1. The van der Waals surface area contributed by atoms with E-state index >= 15 is 0 Å². The third-order valence-corrected chi connectivity index (χ3v) is 6.01. The van der Waals surface area contributed by atoms with Crippen molar-refractivity contribution in [1.82, 2.24) is 14.7 Å². The van der Waals surface area contributed by atoms with E-state index in [1.165, 1.54) is 0 Å². The molecule has 1 spiro atoms. The van der Waals surface area contributed by atoms with Crippen molar-refractivity contribution in [2.75, 3.05) is 40.0 Å². The molecular weight excluding hydrogens is 358 g/mol. The molecule has 2 aromatic rings. The van der Waals surface area contributed by atoms with Gasteiger partial charge in [0.1, 0.15) is 0 Å². The summed E-state index contributed by atoms with van der Waals surface area (Å²) in [5.41, 5.74) is 1.35. The van der Waals surface area contributed by atoms with E-state index in [0.717, 1.165) is 43.2 Å². The highest BCUT2D eigenvalue weighted by Crippen LogP contribution is 2.36. The van der Waals surface area contributed by atoms with E-state index in [1.807, 2.05) is 36.2 Å². The summed E-state index contributed by atoms with van der Waals surface area (Å²) >= 11 is 0. The zero-order valence-electron chi connectivity index (χ0n) is 16.7. The van der Waals surface area contributed by atoms with Crippen LogP contribution in [-0.2, 0) is 21.3 Å². The Balaban J connectivity index is 1.40. The van der Waals surface area contributed by atoms with Gasteiger partial charge in [0.2, 0.25) is 0 Å². The van der Waals surface area contributed by atoms with Crippen LogP contribution in [0.3, 0.4) is 0 Å². The second kappa shape index (κ2) is 8.19. The summed E-state index contributed by atoms with van der Waals surface area (Å²) in [6, 6.07) is 7.87. The van der Waals surface area contributed by atoms with Crippen molar-refractivity contribution in [3.63, 3.8) is 0 Å². The van der Waals surface area contributed by atoms with Gasteiger partial charge in [0, 0.05) is 45.7 Å². The van der Waals surface area contributed by atoms with Crippen LogP contribution in [0.1, 0.15) is 36.2 Å². The summed E-state index contributed by atoms with van der Waals surface area (Å²) < 4.78 is 19.0. The van der Waals surface area contributed by atoms with E-state index < -0.39 is 0 Å². The first-order chi connectivity index (χ1) is 13.6. The molecule has 0 saturated carbocycles. The van der Waals surface area contributed by atoms with Gasteiger partial charge in [-0.25, -0.2) is 0 Å². The smallest absolute Gasteiger partial charge is 0.275 e. The number of piperidine rings is 1. The number of methoxy groups -OCH3 is 1. The number of hydrogen-bond donors (Lipinski definition) is 0. The monoisotopic (exact) mass is 387 g/mol. The second-order valence-corrected chi connectivity index (χ2v) is 7.79. The first-order valence-electron chi connectivity index (χ1n) is 10.1. The molecule has 2 aliphatic heterocycles. The van der Waals surface area contributed by atoms with Crippen molar-refractivity contribution in [3.05, 3.63) is 30.0 Å². The predicted octanol–water partition coefficient (Wildman–Crippen LogP) is 2.39. The van der Waals surface area contributed by atoms with Gasteiger partial charge in [-0.1, -0.05) is 18.2 Å². The summed E-state index contributed by atoms with van der Waals surface area (Å²) in [6.45, 7) is 3.33. The van der Waals surface area contributed by atoms with Gasteiger partial charge in [-0.3, -0.25) is 9.48 Å². The summed E-state index contributed by atoms with van der Waals surface area (Å²) in [7, 11) is 3.57. The first-order valence-corrected chi connectivity index (χ1v) is 10.1. The fraction of sp³-hybridized carbons (Fsp3) is 0.619. The fourth-order valence-electron chi connectivity index (χ4n) is 4.41. The number of fused-ring (bicyclic) bond motifs is 1. The van der Waals surface area contributed by atoms with E-state index in [0.29, 0.717) is 32.0 Å². The van der Waals surface area contributed by atoms with Gasteiger partial charge in [-0.15, -0.1) is 0 Å². The number of para-hydroxylation sites is 1. The minimum Gasteiger partial charge on any atom is -0.382 e. The van der Waals surface area contributed by atoms with Crippen molar-refractivity contribution in [2.24, 2.45) is 7.05 Å². The average Bonchev–Trinajstić information content (AvgIpc) is 3.05. The Labute approximate surface area is 165 Å². The summed E-state index contributed by atoms with van der Waals surface area (Å²) in [5.74, 6) is 0.00959. The van der Waals surface area contributed by atoms with Gasteiger partial charge in [-0.05, 0) is 25.3 Å². The molecule has 152 valence electrons. The highest BCUT2D eigenvalue weighted by Gasteiger charge is 2.42. The quantitative estimate of drug-likeness (QED) is 0.737. The van der Waals surface area contributed by atoms with Crippen LogP contribution < -0.4 is 0 Å². The van der Waals surface area contributed by atoms with Gasteiger partial charge in [0.25, 0.3) is 5.91 Å². The summed E-state index contributed by atoms with van der Waals surface area (Å²) in [6.07, 6.45) is 3.71. The molecule has 0 bridgehead atoms. The number of nitrogens with zero attached hydrogens (tertiary/aromatic N) is 3. The molecule has 2 saturated heterocycles. The maximum absolute atomic E-state index is 13.1. The van der Waals surface area contributed by atoms with Crippen LogP contribution >= 0.6 is 0 Å². The number of carbonyl (C=O) groups excluding carboxylic acids is 1. The lowest BCUT2D eigenvalue weighted by Crippen LogP contribution is -2.52. The molecular formula is C21H29N3O4. The van der Waals surface area contributed by atoms with Crippen molar-refractivity contribution < 1.29 is 19.0 Å². The molecule has 1 unspecified atom stereocenters. The molecule has 0 N–H and O–H groups in total. The Hall–Kier alpha value is -1.96. The highest BCUT2D eigenvalue weighted by atomic mass is 16.5. The highest BCUT2D eigenvalue weighted by molar-refractivity contribution is 6.04. The molecule has 0 radical (unpaired) electrons. The third kappa shape index (κ3) is 3.79. The Morgan fingerprint density at radius 2 is 2.07 bits per heavy atom. The Morgan fingerprint density at radius 3 is 2.86 bits per heavy atom. The van der Waals surface area contributed by atoms with Crippen LogP contribution in [0.5, 0.6) is 0 Å². The van der Waals surface area contributed by atoms with E-state index in [1.54, 1.807) is 11.8 Å². The molecule has 1 aromatic carbocycles. The first kappa shape index (κ1) is 19.4.